The molecule has 0 aliphatic heterocycles. The fraction of sp³-hybridized carbons (Fsp3) is 0.111. The van der Waals surface area contributed by atoms with Crippen LogP contribution in [0.1, 0.15) is 12.5 Å². The van der Waals surface area contributed by atoms with Gasteiger partial charge in [0, 0.05) is 17.3 Å². The van der Waals surface area contributed by atoms with Crippen LogP contribution >= 0.6 is 0 Å². The first kappa shape index (κ1) is 13.3. The van der Waals surface area contributed by atoms with E-state index in [1.807, 2.05) is 42.5 Å². The van der Waals surface area contributed by atoms with Gasteiger partial charge in [0.05, 0.1) is 5.69 Å². The Kier molecular flexibility index (Phi) is 3.92. The van der Waals surface area contributed by atoms with Gasteiger partial charge in [-0.3, -0.25) is 0 Å². The van der Waals surface area contributed by atoms with Gasteiger partial charge in [-0.15, -0.1) is 0 Å². The SMILES string of the molecule is CCc1ccccc1Nc1cc(-c2ccccc2)ncn1. The molecule has 104 valence electrons. The second-order valence-corrected chi connectivity index (χ2v) is 4.79. The maximum Gasteiger partial charge on any atom is 0.134 e. The molecule has 3 nitrogen and oxygen atoms in total. The molecule has 21 heavy (non-hydrogen) atoms. The van der Waals surface area contributed by atoms with Gasteiger partial charge in [-0.2, -0.15) is 0 Å². The molecule has 3 rings (SSSR count). The molecule has 3 aromatic rings. The summed E-state index contributed by atoms with van der Waals surface area (Å²) in [6.07, 6.45) is 2.58. The molecule has 0 saturated heterocycles. The Bertz CT molecular complexity index is 723. The zero-order valence-corrected chi connectivity index (χ0v) is 12.0. The Morgan fingerprint density at radius 3 is 2.48 bits per heavy atom. The van der Waals surface area contributed by atoms with Crippen LogP contribution in [0.15, 0.2) is 67.0 Å². The first-order valence-electron chi connectivity index (χ1n) is 7.09. The highest BCUT2D eigenvalue weighted by Gasteiger charge is 2.04. The van der Waals surface area contributed by atoms with Gasteiger partial charge in [-0.05, 0) is 18.1 Å². The summed E-state index contributed by atoms with van der Waals surface area (Å²) in [4.78, 5) is 8.66. The molecule has 0 saturated carbocycles. The van der Waals surface area contributed by atoms with Crippen LogP contribution in [-0.4, -0.2) is 9.97 Å². The average Bonchev–Trinajstić information content (AvgIpc) is 2.56. The van der Waals surface area contributed by atoms with Crippen molar-refractivity contribution in [2.45, 2.75) is 13.3 Å². The summed E-state index contributed by atoms with van der Waals surface area (Å²) in [6.45, 7) is 2.15. The van der Waals surface area contributed by atoms with E-state index < -0.39 is 0 Å². The van der Waals surface area contributed by atoms with Crippen LogP contribution in [0, 0.1) is 0 Å². The highest BCUT2D eigenvalue weighted by atomic mass is 15.0. The highest BCUT2D eigenvalue weighted by Crippen LogP contribution is 2.23. The van der Waals surface area contributed by atoms with Gasteiger partial charge < -0.3 is 5.32 Å². The maximum absolute atomic E-state index is 4.34. The molecule has 0 unspecified atom stereocenters. The van der Waals surface area contributed by atoms with E-state index in [-0.39, 0.29) is 0 Å². The van der Waals surface area contributed by atoms with Crippen LogP contribution in [0.5, 0.6) is 0 Å². The van der Waals surface area contributed by atoms with Gasteiger partial charge in [0.25, 0.3) is 0 Å². The third-order valence-electron chi connectivity index (χ3n) is 3.40. The minimum Gasteiger partial charge on any atom is -0.340 e. The van der Waals surface area contributed by atoms with Gasteiger partial charge in [0.2, 0.25) is 0 Å². The van der Waals surface area contributed by atoms with Crippen molar-refractivity contribution in [2.24, 2.45) is 0 Å². The van der Waals surface area contributed by atoms with Gasteiger partial charge in [-0.1, -0.05) is 55.5 Å². The van der Waals surface area contributed by atoms with Crippen molar-refractivity contribution in [1.82, 2.24) is 9.97 Å². The lowest BCUT2D eigenvalue weighted by Crippen LogP contribution is -1.98. The first-order valence-corrected chi connectivity index (χ1v) is 7.09. The van der Waals surface area contributed by atoms with E-state index in [0.29, 0.717) is 0 Å². The smallest absolute Gasteiger partial charge is 0.134 e. The minimum atomic E-state index is 0.810. The van der Waals surface area contributed by atoms with E-state index >= 15 is 0 Å². The minimum absolute atomic E-state index is 0.810. The lowest BCUT2D eigenvalue weighted by Gasteiger charge is -2.10. The number of anilines is 2. The average molecular weight is 275 g/mol. The largest absolute Gasteiger partial charge is 0.340 e. The Balaban J connectivity index is 1.90. The Hall–Kier alpha value is -2.68. The third kappa shape index (κ3) is 3.08. The second kappa shape index (κ2) is 6.18. The van der Waals surface area contributed by atoms with E-state index in [4.69, 9.17) is 0 Å². The van der Waals surface area contributed by atoms with Crippen molar-refractivity contribution < 1.29 is 0 Å². The molecule has 0 radical (unpaired) electrons. The molecular formula is C18H17N3. The molecule has 0 bridgehead atoms. The first-order chi connectivity index (χ1) is 10.4. The zero-order valence-electron chi connectivity index (χ0n) is 12.0. The van der Waals surface area contributed by atoms with E-state index in [0.717, 1.165) is 29.2 Å². The van der Waals surface area contributed by atoms with E-state index in [9.17, 15) is 0 Å². The van der Waals surface area contributed by atoms with Gasteiger partial charge >= 0.3 is 0 Å². The third-order valence-corrected chi connectivity index (χ3v) is 3.40. The maximum atomic E-state index is 4.34. The molecular weight excluding hydrogens is 258 g/mol. The molecule has 0 atom stereocenters. The van der Waals surface area contributed by atoms with E-state index in [1.54, 1.807) is 6.33 Å². The van der Waals surface area contributed by atoms with Crippen molar-refractivity contribution in [1.29, 1.82) is 0 Å². The number of hydrogen-bond acceptors (Lipinski definition) is 3. The monoisotopic (exact) mass is 275 g/mol. The van der Waals surface area contributed by atoms with Gasteiger partial charge in [0.1, 0.15) is 12.1 Å². The van der Waals surface area contributed by atoms with Crippen molar-refractivity contribution in [3.8, 4) is 11.3 Å². The summed E-state index contributed by atoms with van der Waals surface area (Å²) < 4.78 is 0. The lowest BCUT2D eigenvalue weighted by molar-refractivity contribution is 1.13. The Morgan fingerprint density at radius 1 is 0.905 bits per heavy atom. The summed E-state index contributed by atoms with van der Waals surface area (Å²) in [5, 5.41) is 3.38. The molecule has 0 spiro atoms. The predicted octanol–water partition coefficient (Wildman–Crippen LogP) is 4.45. The van der Waals surface area contributed by atoms with Crippen LogP contribution < -0.4 is 5.32 Å². The topological polar surface area (TPSA) is 37.8 Å². The van der Waals surface area contributed by atoms with E-state index in [2.05, 4.69) is 40.4 Å². The quantitative estimate of drug-likeness (QED) is 0.764. The van der Waals surface area contributed by atoms with Crippen LogP contribution in [0.4, 0.5) is 11.5 Å². The zero-order chi connectivity index (χ0) is 14.5. The number of rotatable bonds is 4. The lowest BCUT2D eigenvalue weighted by atomic mass is 10.1. The fourth-order valence-corrected chi connectivity index (χ4v) is 2.28. The number of nitrogens with zero attached hydrogens (tertiary/aromatic N) is 2. The molecule has 0 amide bonds. The molecule has 3 heteroatoms. The van der Waals surface area contributed by atoms with Crippen LogP contribution in [-0.2, 0) is 6.42 Å². The summed E-state index contributed by atoms with van der Waals surface area (Å²) in [5.74, 6) is 0.810. The Labute approximate surface area is 124 Å². The summed E-state index contributed by atoms with van der Waals surface area (Å²) in [5.41, 5.74) is 4.38. The molecule has 0 fully saturated rings. The Morgan fingerprint density at radius 2 is 1.67 bits per heavy atom. The van der Waals surface area contributed by atoms with Crippen molar-refractivity contribution in [2.75, 3.05) is 5.32 Å². The molecule has 1 heterocycles. The normalized spacial score (nSPS) is 10.3. The standard InChI is InChI=1S/C18H17N3/c1-2-14-8-6-7-11-16(14)21-18-12-17(19-13-20-18)15-9-4-3-5-10-15/h3-13H,2H2,1H3,(H,19,20,21). The number of aromatic nitrogens is 2. The van der Waals surface area contributed by atoms with Crippen molar-refractivity contribution >= 4 is 11.5 Å². The van der Waals surface area contributed by atoms with Crippen LogP contribution in [0.3, 0.4) is 0 Å². The number of benzene rings is 2. The molecule has 0 aliphatic carbocycles. The van der Waals surface area contributed by atoms with Crippen LogP contribution in [0.25, 0.3) is 11.3 Å². The fourth-order valence-electron chi connectivity index (χ4n) is 2.28. The summed E-state index contributed by atoms with van der Waals surface area (Å²) in [6, 6.07) is 20.4. The summed E-state index contributed by atoms with van der Waals surface area (Å²) >= 11 is 0. The number of hydrogen-bond donors (Lipinski definition) is 1. The second-order valence-electron chi connectivity index (χ2n) is 4.79. The highest BCUT2D eigenvalue weighted by molar-refractivity contribution is 5.66. The molecule has 1 aromatic heterocycles. The van der Waals surface area contributed by atoms with Crippen molar-refractivity contribution in [3.63, 3.8) is 0 Å². The molecule has 2 aromatic carbocycles. The van der Waals surface area contributed by atoms with Gasteiger partial charge in [-0.25, -0.2) is 9.97 Å². The van der Waals surface area contributed by atoms with Crippen LogP contribution in [0.2, 0.25) is 0 Å². The van der Waals surface area contributed by atoms with E-state index in [1.165, 1.54) is 5.56 Å². The summed E-state index contributed by atoms with van der Waals surface area (Å²) in [7, 11) is 0. The number of nitrogens with one attached hydrogen (secondary N) is 1. The van der Waals surface area contributed by atoms with Crippen molar-refractivity contribution in [3.05, 3.63) is 72.6 Å². The van der Waals surface area contributed by atoms with Gasteiger partial charge in [0.15, 0.2) is 0 Å². The number of aryl methyl sites for hydroxylation is 1. The number of para-hydroxylation sites is 1. The predicted molar refractivity (Wildman–Crippen MR) is 86.6 cm³/mol. The molecule has 1 N–H and O–H groups in total. The molecule has 0 aliphatic rings.